The molecule has 1 heterocycles. The average molecular weight is 348 g/mol. The van der Waals surface area contributed by atoms with Crippen LogP contribution >= 0.6 is 0 Å². The molecule has 0 saturated carbocycles. The molecule has 0 aliphatic rings. The highest BCUT2D eigenvalue weighted by Crippen LogP contribution is 2.28. The van der Waals surface area contributed by atoms with Gasteiger partial charge in [0.2, 0.25) is 0 Å². The SMILES string of the molecule is Cc1ccc(-c2cc(C(=O)OC(C)C(N)=O)c3ccccc3n2)c(C)c1. The number of hydrogen-bond donors (Lipinski definition) is 1. The molecule has 0 saturated heterocycles. The van der Waals surface area contributed by atoms with Crippen molar-refractivity contribution in [2.45, 2.75) is 26.9 Å². The summed E-state index contributed by atoms with van der Waals surface area (Å²) in [6.45, 7) is 5.49. The van der Waals surface area contributed by atoms with Crippen molar-refractivity contribution in [3.8, 4) is 11.3 Å². The number of amides is 1. The molecule has 5 heteroatoms. The molecular formula is C21H20N2O3. The molecule has 1 amide bonds. The predicted octanol–water partition coefficient (Wildman–Crippen LogP) is 3.55. The number of nitrogens with two attached hydrogens (primary N) is 1. The van der Waals surface area contributed by atoms with Gasteiger partial charge in [-0.15, -0.1) is 0 Å². The van der Waals surface area contributed by atoms with Crippen LogP contribution in [0.25, 0.3) is 22.2 Å². The molecule has 0 fully saturated rings. The van der Waals surface area contributed by atoms with Gasteiger partial charge in [-0.1, -0.05) is 42.0 Å². The molecule has 0 aliphatic carbocycles. The van der Waals surface area contributed by atoms with Gasteiger partial charge in [0.1, 0.15) is 0 Å². The molecular weight excluding hydrogens is 328 g/mol. The minimum Gasteiger partial charge on any atom is -0.449 e. The molecule has 132 valence electrons. The Kier molecular flexibility index (Phi) is 4.71. The summed E-state index contributed by atoms with van der Waals surface area (Å²) in [7, 11) is 0. The highest BCUT2D eigenvalue weighted by atomic mass is 16.5. The lowest BCUT2D eigenvalue weighted by Crippen LogP contribution is -2.30. The van der Waals surface area contributed by atoms with E-state index in [-0.39, 0.29) is 0 Å². The molecule has 1 aromatic heterocycles. The molecule has 3 aromatic rings. The summed E-state index contributed by atoms with van der Waals surface area (Å²) in [5, 5.41) is 0.669. The summed E-state index contributed by atoms with van der Waals surface area (Å²) in [5.41, 5.74) is 10.1. The Hall–Kier alpha value is -3.21. The van der Waals surface area contributed by atoms with Gasteiger partial charge in [-0.2, -0.15) is 0 Å². The molecule has 0 aliphatic heterocycles. The molecule has 0 radical (unpaired) electrons. The van der Waals surface area contributed by atoms with Gasteiger partial charge in [0.05, 0.1) is 16.8 Å². The molecule has 0 bridgehead atoms. The number of rotatable bonds is 4. The van der Waals surface area contributed by atoms with Crippen LogP contribution in [-0.2, 0) is 9.53 Å². The van der Waals surface area contributed by atoms with Crippen LogP contribution in [0.3, 0.4) is 0 Å². The van der Waals surface area contributed by atoms with Gasteiger partial charge in [0, 0.05) is 10.9 Å². The number of nitrogens with zero attached hydrogens (tertiary/aromatic N) is 1. The molecule has 1 unspecified atom stereocenters. The third-order valence-electron chi connectivity index (χ3n) is 4.28. The van der Waals surface area contributed by atoms with Crippen molar-refractivity contribution in [3.63, 3.8) is 0 Å². The number of aryl methyl sites for hydroxylation is 2. The Morgan fingerprint density at radius 1 is 1.08 bits per heavy atom. The number of benzene rings is 2. The second-order valence-corrected chi connectivity index (χ2v) is 6.34. The summed E-state index contributed by atoms with van der Waals surface area (Å²) in [5.74, 6) is -1.28. The van der Waals surface area contributed by atoms with Crippen LogP contribution in [0.5, 0.6) is 0 Å². The number of fused-ring (bicyclic) bond motifs is 1. The normalized spacial score (nSPS) is 12.0. The standard InChI is InChI=1S/C21H20N2O3/c1-12-8-9-15(13(2)10-12)19-11-17(21(25)26-14(3)20(22)24)16-6-4-5-7-18(16)23-19/h4-11,14H,1-3H3,(H2,22,24). The van der Waals surface area contributed by atoms with E-state index in [0.29, 0.717) is 22.2 Å². The van der Waals surface area contributed by atoms with E-state index in [0.717, 1.165) is 16.7 Å². The number of pyridine rings is 1. The minimum absolute atomic E-state index is 0.360. The maximum absolute atomic E-state index is 12.6. The Morgan fingerprint density at radius 3 is 2.50 bits per heavy atom. The smallest absolute Gasteiger partial charge is 0.339 e. The fraction of sp³-hybridized carbons (Fsp3) is 0.190. The van der Waals surface area contributed by atoms with Gasteiger partial charge in [-0.25, -0.2) is 9.78 Å². The number of aromatic nitrogens is 1. The van der Waals surface area contributed by atoms with Crippen LogP contribution in [-0.4, -0.2) is 23.0 Å². The first-order valence-corrected chi connectivity index (χ1v) is 8.34. The van der Waals surface area contributed by atoms with E-state index in [4.69, 9.17) is 15.5 Å². The van der Waals surface area contributed by atoms with Crippen molar-refractivity contribution >= 4 is 22.8 Å². The molecule has 2 N–H and O–H groups in total. The second-order valence-electron chi connectivity index (χ2n) is 6.34. The molecule has 1 atom stereocenters. The number of esters is 1. The summed E-state index contributed by atoms with van der Waals surface area (Å²) in [4.78, 5) is 28.6. The summed E-state index contributed by atoms with van der Waals surface area (Å²) in [6.07, 6.45) is -1.00. The first kappa shape index (κ1) is 17.6. The van der Waals surface area contributed by atoms with Gasteiger partial charge < -0.3 is 10.5 Å². The van der Waals surface area contributed by atoms with Crippen molar-refractivity contribution in [1.82, 2.24) is 4.98 Å². The van der Waals surface area contributed by atoms with Crippen LogP contribution in [0.15, 0.2) is 48.5 Å². The zero-order valence-corrected chi connectivity index (χ0v) is 14.9. The van der Waals surface area contributed by atoms with E-state index < -0.39 is 18.0 Å². The van der Waals surface area contributed by atoms with E-state index in [1.54, 1.807) is 12.1 Å². The lowest BCUT2D eigenvalue weighted by molar-refractivity contribution is -0.125. The van der Waals surface area contributed by atoms with E-state index >= 15 is 0 Å². The molecule has 0 spiro atoms. The number of ether oxygens (including phenoxy) is 1. The van der Waals surface area contributed by atoms with Crippen LogP contribution in [0.1, 0.15) is 28.4 Å². The van der Waals surface area contributed by atoms with Crippen molar-refractivity contribution in [1.29, 1.82) is 0 Å². The van der Waals surface area contributed by atoms with Gasteiger partial charge in [0.15, 0.2) is 6.10 Å². The van der Waals surface area contributed by atoms with Crippen molar-refractivity contribution in [2.24, 2.45) is 5.73 Å². The van der Waals surface area contributed by atoms with Crippen LogP contribution in [0, 0.1) is 13.8 Å². The lowest BCUT2D eigenvalue weighted by atomic mass is 9.99. The van der Waals surface area contributed by atoms with Crippen molar-refractivity contribution < 1.29 is 14.3 Å². The zero-order valence-electron chi connectivity index (χ0n) is 14.9. The van der Waals surface area contributed by atoms with Gasteiger partial charge in [0.25, 0.3) is 5.91 Å². The zero-order chi connectivity index (χ0) is 18.8. The summed E-state index contributed by atoms with van der Waals surface area (Å²) < 4.78 is 5.20. The Bertz CT molecular complexity index is 1010. The molecule has 3 rings (SSSR count). The molecule has 26 heavy (non-hydrogen) atoms. The van der Waals surface area contributed by atoms with Gasteiger partial charge in [-0.05, 0) is 38.5 Å². The third kappa shape index (κ3) is 3.42. The quantitative estimate of drug-likeness (QED) is 0.731. The topological polar surface area (TPSA) is 82.3 Å². The lowest BCUT2D eigenvalue weighted by Gasteiger charge is -2.13. The Morgan fingerprint density at radius 2 is 1.81 bits per heavy atom. The summed E-state index contributed by atoms with van der Waals surface area (Å²) >= 11 is 0. The maximum atomic E-state index is 12.6. The predicted molar refractivity (Wildman–Crippen MR) is 101 cm³/mol. The first-order chi connectivity index (χ1) is 12.4. The average Bonchev–Trinajstić information content (AvgIpc) is 2.60. The number of carbonyl (C=O) groups is 2. The van der Waals surface area contributed by atoms with E-state index in [2.05, 4.69) is 6.07 Å². The van der Waals surface area contributed by atoms with Gasteiger partial charge in [-0.3, -0.25) is 4.79 Å². The van der Waals surface area contributed by atoms with E-state index in [1.807, 2.05) is 44.2 Å². The summed E-state index contributed by atoms with van der Waals surface area (Å²) in [6, 6.07) is 15.1. The number of hydrogen-bond acceptors (Lipinski definition) is 4. The Labute approximate surface area is 151 Å². The minimum atomic E-state index is -1.00. The van der Waals surface area contributed by atoms with Crippen LogP contribution in [0.2, 0.25) is 0 Å². The van der Waals surface area contributed by atoms with E-state index in [9.17, 15) is 9.59 Å². The van der Waals surface area contributed by atoms with E-state index in [1.165, 1.54) is 6.92 Å². The number of carbonyl (C=O) groups excluding carboxylic acids is 2. The fourth-order valence-electron chi connectivity index (χ4n) is 2.87. The maximum Gasteiger partial charge on any atom is 0.339 e. The monoisotopic (exact) mass is 348 g/mol. The first-order valence-electron chi connectivity index (χ1n) is 8.34. The third-order valence-corrected chi connectivity index (χ3v) is 4.28. The molecule has 2 aromatic carbocycles. The van der Waals surface area contributed by atoms with Crippen molar-refractivity contribution in [2.75, 3.05) is 0 Å². The Balaban J connectivity index is 2.15. The fourth-order valence-corrected chi connectivity index (χ4v) is 2.87. The number of para-hydroxylation sites is 1. The van der Waals surface area contributed by atoms with Crippen molar-refractivity contribution in [3.05, 3.63) is 65.2 Å². The highest BCUT2D eigenvalue weighted by Gasteiger charge is 2.20. The van der Waals surface area contributed by atoms with Gasteiger partial charge >= 0.3 is 5.97 Å². The number of primary amides is 1. The van der Waals surface area contributed by atoms with Crippen LogP contribution in [0.4, 0.5) is 0 Å². The second kappa shape index (κ2) is 6.96. The highest BCUT2D eigenvalue weighted by molar-refractivity contribution is 6.05. The molecule has 5 nitrogen and oxygen atoms in total. The largest absolute Gasteiger partial charge is 0.449 e. The van der Waals surface area contributed by atoms with Crippen LogP contribution < -0.4 is 5.73 Å².